The Bertz CT molecular complexity index is 590. The molecule has 3 nitrogen and oxygen atoms in total. The van der Waals surface area contributed by atoms with Crippen LogP contribution in [-0.2, 0) is 0 Å². The number of benzene rings is 2. The third kappa shape index (κ3) is 3.51. The van der Waals surface area contributed by atoms with Crippen molar-refractivity contribution < 1.29 is 13.9 Å². The molecule has 100 valence electrons. The maximum Gasteiger partial charge on any atom is 0.146 e. The first-order chi connectivity index (χ1) is 9.08. The smallest absolute Gasteiger partial charge is 0.146 e. The van der Waals surface area contributed by atoms with E-state index >= 15 is 0 Å². The van der Waals surface area contributed by atoms with E-state index in [0.717, 1.165) is 0 Å². The van der Waals surface area contributed by atoms with Gasteiger partial charge in [0.05, 0.1) is 11.6 Å². The quantitative estimate of drug-likeness (QED) is 0.852. The van der Waals surface area contributed by atoms with Gasteiger partial charge in [-0.25, -0.2) is 4.39 Å². The van der Waals surface area contributed by atoms with Crippen LogP contribution in [0.2, 0.25) is 5.02 Å². The van der Waals surface area contributed by atoms with Crippen LogP contribution in [0.5, 0.6) is 17.2 Å². The van der Waals surface area contributed by atoms with Crippen LogP contribution in [0.1, 0.15) is 6.92 Å². The molecular formula is C14H13ClFNO2. The molecule has 0 radical (unpaired) electrons. The molecule has 0 heterocycles. The van der Waals surface area contributed by atoms with E-state index in [1.54, 1.807) is 18.2 Å². The summed E-state index contributed by atoms with van der Waals surface area (Å²) in [7, 11) is 0. The van der Waals surface area contributed by atoms with Gasteiger partial charge in [0.2, 0.25) is 0 Å². The number of hydrogen-bond acceptors (Lipinski definition) is 3. The fourth-order valence-corrected chi connectivity index (χ4v) is 1.79. The molecule has 5 heteroatoms. The molecule has 19 heavy (non-hydrogen) atoms. The summed E-state index contributed by atoms with van der Waals surface area (Å²) in [6, 6.07) is 8.95. The SMILES string of the molecule is CCOc1cc(N)cc(Oc2ccc(F)cc2Cl)c1. The highest BCUT2D eigenvalue weighted by Gasteiger charge is 2.07. The number of nitrogen functional groups attached to an aromatic ring is 1. The third-order valence-corrected chi connectivity index (χ3v) is 2.63. The lowest BCUT2D eigenvalue weighted by Crippen LogP contribution is -1.95. The van der Waals surface area contributed by atoms with Gasteiger partial charge in [0.25, 0.3) is 0 Å². The molecule has 0 saturated heterocycles. The fourth-order valence-electron chi connectivity index (χ4n) is 1.59. The number of hydrogen-bond donors (Lipinski definition) is 1. The Balaban J connectivity index is 2.27. The van der Waals surface area contributed by atoms with Crippen LogP contribution in [0.4, 0.5) is 10.1 Å². The zero-order valence-electron chi connectivity index (χ0n) is 10.3. The molecule has 0 unspecified atom stereocenters. The summed E-state index contributed by atoms with van der Waals surface area (Å²) in [4.78, 5) is 0. The molecule has 0 aliphatic rings. The maximum absolute atomic E-state index is 12.9. The number of ether oxygens (including phenoxy) is 2. The minimum Gasteiger partial charge on any atom is -0.494 e. The molecule has 0 saturated carbocycles. The highest BCUT2D eigenvalue weighted by Crippen LogP contribution is 2.32. The minimum absolute atomic E-state index is 0.195. The average Bonchev–Trinajstić information content (AvgIpc) is 2.32. The molecule has 0 aromatic heterocycles. The molecule has 0 aliphatic carbocycles. The topological polar surface area (TPSA) is 44.5 Å². The molecule has 2 rings (SSSR count). The third-order valence-electron chi connectivity index (χ3n) is 2.34. The Labute approximate surface area is 115 Å². The lowest BCUT2D eigenvalue weighted by Gasteiger charge is -2.10. The van der Waals surface area contributed by atoms with Crippen molar-refractivity contribution in [1.29, 1.82) is 0 Å². The summed E-state index contributed by atoms with van der Waals surface area (Å²) in [5.41, 5.74) is 6.27. The van der Waals surface area contributed by atoms with E-state index in [2.05, 4.69) is 0 Å². The highest BCUT2D eigenvalue weighted by atomic mass is 35.5. The van der Waals surface area contributed by atoms with Crippen molar-refractivity contribution in [2.75, 3.05) is 12.3 Å². The van der Waals surface area contributed by atoms with Gasteiger partial charge in [0.15, 0.2) is 0 Å². The van der Waals surface area contributed by atoms with Crippen LogP contribution in [0, 0.1) is 5.82 Å². The first-order valence-electron chi connectivity index (χ1n) is 5.74. The zero-order chi connectivity index (χ0) is 13.8. The Hall–Kier alpha value is -1.94. The van der Waals surface area contributed by atoms with E-state index in [1.165, 1.54) is 18.2 Å². The Morgan fingerprint density at radius 2 is 1.89 bits per heavy atom. The molecule has 0 fully saturated rings. The summed E-state index contributed by atoms with van der Waals surface area (Å²) in [6.45, 7) is 2.40. The van der Waals surface area contributed by atoms with E-state index in [-0.39, 0.29) is 5.02 Å². The minimum atomic E-state index is -0.417. The van der Waals surface area contributed by atoms with E-state index < -0.39 is 5.82 Å². The van der Waals surface area contributed by atoms with Crippen LogP contribution >= 0.6 is 11.6 Å². The van der Waals surface area contributed by atoms with Crippen LogP contribution in [-0.4, -0.2) is 6.61 Å². The molecule has 2 N–H and O–H groups in total. The highest BCUT2D eigenvalue weighted by molar-refractivity contribution is 6.32. The Morgan fingerprint density at radius 3 is 2.58 bits per heavy atom. The second-order valence-corrected chi connectivity index (χ2v) is 4.25. The Kier molecular flexibility index (Phi) is 4.12. The molecule has 0 bridgehead atoms. The summed E-state index contributed by atoms with van der Waals surface area (Å²) in [5, 5.41) is 0.195. The van der Waals surface area contributed by atoms with Gasteiger partial charge in [-0.05, 0) is 25.1 Å². The number of halogens is 2. The summed E-state index contributed by atoms with van der Waals surface area (Å²) in [5.74, 6) is 1.03. The van der Waals surface area contributed by atoms with Gasteiger partial charge < -0.3 is 15.2 Å². The van der Waals surface area contributed by atoms with Crippen LogP contribution in [0.25, 0.3) is 0 Å². The molecule has 2 aromatic rings. The van der Waals surface area contributed by atoms with E-state index in [1.807, 2.05) is 6.92 Å². The zero-order valence-corrected chi connectivity index (χ0v) is 11.1. The summed E-state index contributed by atoms with van der Waals surface area (Å²) in [6.07, 6.45) is 0. The number of rotatable bonds is 4. The monoisotopic (exact) mass is 281 g/mol. The predicted molar refractivity (Wildman–Crippen MR) is 73.5 cm³/mol. The van der Waals surface area contributed by atoms with Crippen molar-refractivity contribution in [3.8, 4) is 17.2 Å². The first kappa shape index (κ1) is 13.5. The predicted octanol–water partition coefficient (Wildman–Crippen LogP) is 4.25. The molecule has 0 aliphatic heterocycles. The lowest BCUT2D eigenvalue weighted by molar-refractivity contribution is 0.338. The molecule has 2 aromatic carbocycles. The first-order valence-corrected chi connectivity index (χ1v) is 6.12. The van der Waals surface area contributed by atoms with E-state index in [0.29, 0.717) is 29.5 Å². The van der Waals surface area contributed by atoms with Crippen molar-refractivity contribution in [2.24, 2.45) is 0 Å². The van der Waals surface area contributed by atoms with Crippen LogP contribution in [0.3, 0.4) is 0 Å². The standard InChI is InChI=1S/C14H13ClFNO2/c1-2-18-11-6-10(17)7-12(8-11)19-14-4-3-9(16)5-13(14)15/h3-8H,2,17H2,1H3. The van der Waals surface area contributed by atoms with Gasteiger partial charge in [-0.1, -0.05) is 11.6 Å². The van der Waals surface area contributed by atoms with E-state index in [9.17, 15) is 4.39 Å². The molecule has 0 spiro atoms. The normalized spacial score (nSPS) is 10.3. The average molecular weight is 282 g/mol. The second-order valence-electron chi connectivity index (χ2n) is 3.85. The van der Waals surface area contributed by atoms with Crippen molar-refractivity contribution in [3.05, 3.63) is 47.2 Å². The second kappa shape index (κ2) is 5.80. The number of anilines is 1. The lowest BCUT2D eigenvalue weighted by atomic mass is 10.3. The van der Waals surface area contributed by atoms with Gasteiger partial charge >= 0.3 is 0 Å². The van der Waals surface area contributed by atoms with Crippen molar-refractivity contribution in [3.63, 3.8) is 0 Å². The van der Waals surface area contributed by atoms with Gasteiger partial charge in [0, 0.05) is 23.9 Å². The fraction of sp³-hybridized carbons (Fsp3) is 0.143. The molecule has 0 amide bonds. The van der Waals surface area contributed by atoms with Crippen molar-refractivity contribution >= 4 is 17.3 Å². The van der Waals surface area contributed by atoms with Gasteiger partial charge in [0.1, 0.15) is 23.1 Å². The van der Waals surface area contributed by atoms with Crippen molar-refractivity contribution in [2.45, 2.75) is 6.92 Å². The Morgan fingerprint density at radius 1 is 1.16 bits per heavy atom. The number of nitrogens with two attached hydrogens (primary N) is 1. The molecule has 0 atom stereocenters. The maximum atomic E-state index is 12.9. The van der Waals surface area contributed by atoms with Gasteiger partial charge in [-0.3, -0.25) is 0 Å². The molecular weight excluding hydrogens is 269 g/mol. The summed E-state index contributed by atoms with van der Waals surface area (Å²) >= 11 is 5.89. The van der Waals surface area contributed by atoms with E-state index in [4.69, 9.17) is 26.8 Å². The van der Waals surface area contributed by atoms with Crippen LogP contribution in [0.15, 0.2) is 36.4 Å². The van der Waals surface area contributed by atoms with Crippen molar-refractivity contribution in [1.82, 2.24) is 0 Å². The van der Waals surface area contributed by atoms with Gasteiger partial charge in [-0.2, -0.15) is 0 Å². The van der Waals surface area contributed by atoms with Crippen LogP contribution < -0.4 is 15.2 Å². The van der Waals surface area contributed by atoms with Gasteiger partial charge in [-0.15, -0.1) is 0 Å². The largest absolute Gasteiger partial charge is 0.494 e. The summed E-state index contributed by atoms with van der Waals surface area (Å²) < 4.78 is 23.9.